The van der Waals surface area contributed by atoms with Crippen molar-refractivity contribution in [2.75, 3.05) is 5.32 Å². The molecule has 2 aromatic heterocycles. The largest absolute Gasteiger partial charge is 0.347 e. The number of hydrogen-bond acceptors (Lipinski definition) is 5. The summed E-state index contributed by atoms with van der Waals surface area (Å²) in [5.74, 6) is 2.56. The lowest BCUT2D eigenvalue weighted by Crippen LogP contribution is -2.13. The minimum absolute atomic E-state index is 0.230. The van der Waals surface area contributed by atoms with Crippen molar-refractivity contribution in [1.82, 2.24) is 15.0 Å². The highest BCUT2D eigenvalue weighted by Gasteiger charge is 2.14. The number of nitrogens with one attached hydrogen (secondary N) is 1. The number of aromatic nitrogens is 3. The van der Waals surface area contributed by atoms with Crippen molar-refractivity contribution in [2.45, 2.75) is 46.1 Å². The molecule has 0 amide bonds. The maximum Gasteiger partial charge on any atom is 0.226 e. The molecule has 6 heteroatoms. The van der Waals surface area contributed by atoms with Gasteiger partial charge in [0.15, 0.2) is 0 Å². The van der Waals surface area contributed by atoms with E-state index in [9.17, 15) is 0 Å². The molecule has 0 aromatic carbocycles. The number of anilines is 1. The molecule has 0 saturated carbocycles. The number of aryl methyl sites for hydroxylation is 1. The lowest BCUT2D eigenvalue weighted by atomic mass is 10.2. The van der Waals surface area contributed by atoms with Crippen LogP contribution in [0.25, 0.3) is 0 Å². The summed E-state index contributed by atoms with van der Waals surface area (Å²) in [7, 11) is 0. The van der Waals surface area contributed by atoms with Crippen LogP contribution in [0.15, 0.2) is 15.9 Å². The molecule has 0 saturated heterocycles. The van der Waals surface area contributed by atoms with Crippen LogP contribution in [-0.4, -0.2) is 15.0 Å². The molecule has 2 rings (SSSR count). The molecular weight excluding hydrogens is 336 g/mol. The molecule has 108 valence electrons. The van der Waals surface area contributed by atoms with Gasteiger partial charge in [0.2, 0.25) is 5.95 Å². The molecule has 0 fully saturated rings. The second kappa shape index (κ2) is 6.63. The third kappa shape index (κ3) is 3.76. The second-order valence-corrected chi connectivity index (χ2v) is 7.46. The van der Waals surface area contributed by atoms with Crippen LogP contribution < -0.4 is 5.32 Å². The lowest BCUT2D eigenvalue weighted by molar-refractivity contribution is 0.717. The Labute approximate surface area is 132 Å². The highest BCUT2D eigenvalue weighted by molar-refractivity contribution is 9.11. The molecule has 0 aliphatic heterocycles. The minimum atomic E-state index is 0.230. The first-order valence-corrected chi connectivity index (χ1v) is 8.35. The Morgan fingerprint density at radius 3 is 2.55 bits per heavy atom. The maximum absolute atomic E-state index is 4.51. The third-order valence-electron chi connectivity index (χ3n) is 2.93. The molecule has 0 aliphatic carbocycles. The van der Waals surface area contributed by atoms with Crippen LogP contribution in [0.3, 0.4) is 0 Å². The van der Waals surface area contributed by atoms with Crippen molar-refractivity contribution in [3.63, 3.8) is 0 Å². The van der Waals surface area contributed by atoms with E-state index in [1.807, 2.05) is 6.92 Å². The molecule has 0 radical (unpaired) electrons. The molecule has 1 unspecified atom stereocenters. The Balaban J connectivity index is 2.23. The van der Waals surface area contributed by atoms with Crippen molar-refractivity contribution < 1.29 is 0 Å². The van der Waals surface area contributed by atoms with Gasteiger partial charge in [-0.2, -0.15) is 9.97 Å². The zero-order valence-electron chi connectivity index (χ0n) is 12.1. The van der Waals surface area contributed by atoms with Crippen molar-refractivity contribution in [2.24, 2.45) is 0 Å². The number of hydrogen-bond donors (Lipinski definition) is 1. The summed E-state index contributed by atoms with van der Waals surface area (Å²) < 4.78 is 1.14. The van der Waals surface area contributed by atoms with E-state index < -0.39 is 0 Å². The zero-order valence-corrected chi connectivity index (χ0v) is 14.5. The highest BCUT2D eigenvalue weighted by Crippen LogP contribution is 2.30. The third-order valence-corrected chi connectivity index (χ3v) is 4.67. The van der Waals surface area contributed by atoms with Crippen LogP contribution >= 0.6 is 27.3 Å². The predicted octanol–water partition coefficient (Wildman–Crippen LogP) is 4.69. The first-order chi connectivity index (χ1) is 9.49. The Hall–Kier alpha value is -1.01. The molecule has 20 heavy (non-hydrogen) atoms. The van der Waals surface area contributed by atoms with E-state index in [2.05, 4.69) is 69.1 Å². The Bertz CT molecular complexity index is 582. The van der Waals surface area contributed by atoms with Gasteiger partial charge in [0.1, 0.15) is 11.6 Å². The summed E-state index contributed by atoms with van der Waals surface area (Å²) in [6.07, 6.45) is 0.981. The van der Waals surface area contributed by atoms with Crippen LogP contribution in [-0.2, 0) is 0 Å². The van der Waals surface area contributed by atoms with Crippen LogP contribution in [0.2, 0.25) is 0 Å². The second-order valence-electron chi connectivity index (χ2n) is 4.97. The molecule has 1 N–H and O–H groups in total. The van der Waals surface area contributed by atoms with Crippen LogP contribution in [0.5, 0.6) is 0 Å². The fourth-order valence-electron chi connectivity index (χ4n) is 1.87. The Morgan fingerprint density at radius 2 is 2.00 bits per heavy atom. The monoisotopic (exact) mass is 354 g/mol. The van der Waals surface area contributed by atoms with E-state index in [1.165, 1.54) is 4.88 Å². The molecule has 4 nitrogen and oxygen atoms in total. The van der Waals surface area contributed by atoms with Crippen LogP contribution in [0, 0.1) is 6.92 Å². The van der Waals surface area contributed by atoms with E-state index in [1.54, 1.807) is 11.3 Å². The molecule has 2 heterocycles. The molecule has 0 spiro atoms. The van der Waals surface area contributed by atoms with E-state index in [0.29, 0.717) is 11.9 Å². The average Bonchev–Trinajstić information content (AvgIpc) is 2.81. The first kappa shape index (κ1) is 15.4. The van der Waals surface area contributed by atoms with Gasteiger partial charge in [-0.25, -0.2) is 4.98 Å². The van der Waals surface area contributed by atoms with Crippen molar-refractivity contribution in [3.8, 4) is 0 Å². The van der Waals surface area contributed by atoms with E-state index in [-0.39, 0.29) is 6.04 Å². The summed E-state index contributed by atoms with van der Waals surface area (Å²) in [4.78, 5) is 14.6. The standard InChI is InChI=1S/C14H19BrN4S/c1-5-10(11-6-7-12(15)20-11)18-14-17-9(4)16-13(19-14)8(2)3/h6-8,10H,5H2,1-4H3,(H,16,17,18,19). The van der Waals surface area contributed by atoms with Crippen molar-refractivity contribution in [3.05, 3.63) is 32.4 Å². The molecule has 2 aromatic rings. The lowest BCUT2D eigenvalue weighted by Gasteiger charge is -2.16. The number of halogens is 1. The number of thiophene rings is 1. The first-order valence-electron chi connectivity index (χ1n) is 6.74. The average molecular weight is 355 g/mol. The fourth-order valence-corrected chi connectivity index (χ4v) is 3.43. The number of nitrogens with zero attached hydrogens (tertiary/aromatic N) is 3. The Kier molecular flexibility index (Phi) is 5.10. The summed E-state index contributed by atoms with van der Waals surface area (Å²) >= 11 is 5.24. The SMILES string of the molecule is CCC(Nc1nc(C)nc(C(C)C)n1)c1ccc(Br)s1. The van der Waals surface area contributed by atoms with Gasteiger partial charge in [-0.15, -0.1) is 11.3 Å². The van der Waals surface area contributed by atoms with Gasteiger partial charge in [-0.1, -0.05) is 20.8 Å². The normalized spacial score (nSPS) is 12.7. The van der Waals surface area contributed by atoms with Gasteiger partial charge in [-0.3, -0.25) is 0 Å². The highest BCUT2D eigenvalue weighted by atomic mass is 79.9. The molecule has 0 aliphatic rings. The zero-order chi connectivity index (χ0) is 14.7. The summed E-state index contributed by atoms with van der Waals surface area (Å²) in [5, 5.41) is 3.42. The Morgan fingerprint density at radius 1 is 1.25 bits per heavy atom. The van der Waals surface area contributed by atoms with Gasteiger partial charge >= 0.3 is 0 Å². The smallest absolute Gasteiger partial charge is 0.226 e. The molecule has 0 bridgehead atoms. The van der Waals surface area contributed by atoms with Crippen LogP contribution in [0.4, 0.5) is 5.95 Å². The topological polar surface area (TPSA) is 50.7 Å². The summed E-state index contributed by atoms with van der Waals surface area (Å²) in [6.45, 7) is 8.24. The summed E-state index contributed by atoms with van der Waals surface area (Å²) in [6, 6.07) is 4.43. The minimum Gasteiger partial charge on any atom is -0.347 e. The van der Waals surface area contributed by atoms with E-state index in [4.69, 9.17) is 0 Å². The van der Waals surface area contributed by atoms with Gasteiger partial charge in [0, 0.05) is 10.8 Å². The maximum atomic E-state index is 4.51. The van der Waals surface area contributed by atoms with E-state index >= 15 is 0 Å². The van der Waals surface area contributed by atoms with Gasteiger partial charge in [0.05, 0.1) is 9.83 Å². The number of rotatable bonds is 5. The van der Waals surface area contributed by atoms with Crippen molar-refractivity contribution >= 4 is 33.2 Å². The van der Waals surface area contributed by atoms with E-state index in [0.717, 1.165) is 21.9 Å². The predicted molar refractivity (Wildman–Crippen MR) is 87.3 cm³/mol. The van der Waals surface area contributed by atoms with Gasteiger partial charge in [-0.05, 0) is 41.4 Å². The summed E-state index contributed by atoms with van der Waals surface area (Å²) in [5.41, 5.74) is 0. The molecule has 1 atom stereocenters. The fraction of sp³-hybridized carbons (Fsp3) is 0.500. The van der Waals surface area contributed by atoms with Gasteiger partial charge < -0.3 is 5.32 Å². The van der Waals surface area contributed by atoms with Gasteiger partial charge in [0.25, 0.3) is 0 Å². The quantitative estimate of drug-likeness (QED) is 0.845. The van der Waals surface area contributed by atoms with Crippen LogP contribution in [0.1, 0.15) is 55.7 Å². The van der Waals surface area contributed by atoms with Crippen molar-refractivity contribution in [1.29, 1.82) is 0 Å². The molecular formula is C14H19BrN4S.